The van der Waals surface area contributed by atoms with E-state index in [4.69, 9.17) is 0 Å². The van der Waals surface area contributed by atoms with E-state index in [1.165, 1.54) is 4.57 Å². The fourth-order valence-corrected chi connectivity index (χ4v) is 2.36. The van der Waals surface area contributed by atoms with Crippen molar-refractivity contribution in [1.29, 1.82) is 0 Å². The minimum Gasteiger partial charge on any atom is -0.356 e. The summed E-state index contributed by atoms with van der Waals surface area (Å²) in [5.74, 6) is 0.254. The molecule has 0 spiro atoms. The Labute approximate surface area is 107 Å². The minimum absolute atomic E-state index is 0.174. The normalized spacial score (nSPS) is 19.1. The maximum Gasteiger partial charge on any atom is 0.434 e. The van der Waals surface area contributed by atoms with Crippen molar-refractivity contribution in [2.75, 3.05) is 11.9 Å². The SMILES string of the molecule is Cn1nccc1C1CCNc2nc(C(F)(F)F)cn21. The number of halogens is 3. The van der Waals surface area contributed by atoms with Gasteiger partial charge in [-0.15, -0.1) is 0 Å². The zero-order chi connectivity index (χ0) is 13.6. The van der Waals surface area contributed by atoms with Crippen LogP contribution in [0.2, 0.25) is 0 Å². The number of rotatable bonds is 1. The Bertz CT molecular complexity index is 598. The van der Waals surface area contributed by atoms with Gasteiger partial charge in [0.1, 0.15) is 0 Å². The summed E-state index contributed by atoms with van der Waals surface area (Å²) in [5, 5.41) is 6.95. The summed E-state index contributed by atoms with van der Waals surface area (Å²) < 4.78 is 41.3. The smallest absolute Gasteiger partial charge is 0.356 e. The molecule has 3 heterocycles. The first-order chi connectivity index (χ1) is 8.97. The number of imidazole rings is 1. The average Bonchev–Trinajstić information content (AvgIpc) is 2.93. The van der Waals surface area contributed by atoms with E-state index in [-0.39, 0.29) is 12.0 Å². The summed E-state index contributed by atoms with van der Waals surface area (Å²) in [7, 11) is 1.78. The van der Waals surface area contributed by atoms with Crippen LogP contribution in [0.5, 0.6) is 0 Å². The number of hydrogen-bond acceptors (Lipinski definition) is 3. The lowest BCUT2D eigenvalue weighted by molar-refractivity contribution is -0.140. The molecule has 0 radical (unpaired) electrons. The molecule has 0 aromatic carbocycles. The Kier molecular flexibility index (Phi) is 2.54. The van der Waals surface area contributed by atoms with E-state index in [9.17, 15) is 13.2 Å². The molecule has 102 valence electrons. The molecule has 0 saturated carbocycles. The van der Waals surface area contributed by atoms with Crippen molar-refractivity contribution in [3.8, 4) is 0 Å². The third-order valence-electron chi connectivity index (χ3n) is 3.26. The van der Waals surface area contributed by atoms with Gasteiger partial charge in [0.05, 0.1) is 11.7 Å². The van der Waals surface area contributed by atoms with Gasteiger partial charge in [-0.2, -0.15) is 18.3 Å². The molecule has 5 nitrogen and oxygen atoms in total. The Balaban J connectivity index is 2.05. The predicted molar refractivity (Wildman–Crippen MR) is 61.7 cm³/mol. The van der Waals surface area contributed by atoms with Crippen LogP contribution in [0.1, 0.15) is 23.9 Å². The van der Waals surface area contributed by atoms with E-state index in [0.717, 1.165) is 11.9 Å². The largest absolute Gasteiger partial charge is 0.434 e. The molecule has 2 aromatic heterocycles. The fraction of sp³-hybridized carbons (Fsp3) is 0.455. The van der Waals surface area contributed by atoms with Crippen molar-refractivity contribution in [1.82, 2.24) is 19.3 Å². The van der Waals surface area contributed by atoms with Gasteiger partial charge in [0.15, 0.2) is 5.69 Å². The van der Waals surface area contributed by atoms with Gasteiger partial charge < -0.3 is 9.88 Å². The van der Waals surface area contributed by atoms with E-state index in [0.29, 0.717) is 13.0 Å². The van der Waals surface area contributed by atoms with Gasteiger partial charge in [-0.3, -0.25) is 4.68 Å². The molecule has 0 bridgehead atoms. The summed E-state index contributed by atoms with van der Waals surface area (Å²) in [6, 6.07) is 1.64. The number of fused-ring (bicyclic) bond motifs is 1. The minimum atomic E-state index is -4.43. The monoisotopic (exact) mass is 271 g/mol. The zero-order valence-corrected chi connectivity index (χ0v) is 10.1. The molecule has 0 amide bonds. The Morgan fingerprint density at radius 3 is 2.84 bits per heavy atom. The molecule has 1 unspecified atom stereocenters. The summed E-state index contributed by atoms with van der Waals surface area (Å²) in [4.78, 5) is 3.61. The van der Waals surface area contributed by atoms with E-state index in [2.05, 4.69) is 15.4 Å². The lowest BCUT2D eigenvalue weighted by atomic mass is 10.1. The number of aromatic nitrogens is 4. The van der Waals surface area contributed by atoms with Crippen molar-refractivity contribution in [3.05, 3.63) is 29.8 Å². The Morgan fingerprint density at radius 2 is 2.21 bits per heavy atom. The van der Waals surface area contributed by atoms with Crippen LogP contribution < -0.4 is 5.32 Å². The van der Waals surface area contributed by atoms with Crippen molar-refractivity contribution in [3.63, 3.8) is 0 Å². The van der Waals surface area contributed by atoms with E-state index in [1.54, 1.807) is 17.9 Å². The van der Waals surface area contributed by atoms with Gasteiger partial charge in [-0.1, -0.05) is 0 Å². The van der Waals surface area contributed by atoms with Gasteiger partial charge in [-0.25, -0.2) is 4.98 Å². The number of aryl methyl sites for hydroxylation is 1. The molecule has 0 fully saturated rings. The number of hydrogen-bond donors (Lipinski definition) is 1. The molecular weight excluding hydrogens is 259 g/mol. The van der Waals surface area contributed by atoms with Crippen LogP contribution in [0.25, 0.3) is 0 Å². The average molecular weight is 271 g/mol. The second kappa shape index (κ2) is 4.01. The predicted octanol–water partition coefficient (Wildman–Crippen LogP) is 2.04. The van der Waals surface area contributed by atoms with Crippen LogP contribution in [-0.4, -0.2) is 25.9 Å². The van der Waals surface area contributed by atoms with E-state index >= 15 is 0 Å². The molecule has 1 atom stereocenters. The molecule has 3 rings (SSSR count). The van der Waals surface area contributed by atoms with Crippen LogP contribution in [0.15, 0.2) is 18.5 Å². The van der Waals surface area contributed by atoms with Crippen molar-refractivity contribution >= 4 is 5.95 Å². The van der Waals surface area contributed by atoms with Crippen molar-refractivity contribution in [2.45, 2.75) is 18.6 Å². The van der Waals surface area contributed by atoms with Crippen LogP contribution in [0.3, 0.4) is 0 Å². The highest BCUT2D eigenvalue weighted by atomic mass is 19.4. The second-order valence-electron chi connectivity index (χ2n) is 4.47. The van der Waals surface area contributed by atoms with Gasteiger partial charge in [0.2, 0.25) is 5.95 Å². The third-order valence-corrected chi connectivity index (χ3v) is 3.26. The van der Waals surface area contributed by atoms with Gasteiger partial charge in [-0.05, 0) is 12.5 Å². The van der Waals surface area contributed by atoms with Crippen molar-refractivity contribution < 1.29 is 13.2 Å². The molecule has 8 heteroatoms. The molecule has 2 aromatic rings. The highest BCUT2D eigenvalue weighted by Gasteiger charge is 2.37. The topological polar surface area (TPSA) is 47.7 Å². The highest BCUT2D eigenvalue weighted by molar-refractivity contribution is 5.35. The van der Waals surface area contributed by atoms with Gasteiger partial charge >= 0.3 is 6.18 Å². The van der Waals surface area contributed by atoms with Gasteiger partial charge in [0.25, 0.3) is 0 Å². The Morgan fingerprint density at radius 1 is 1.42 bits per heavy atom. The zero-order valence-electron chi connectivity index (χ0n) is 10.1. The standard InChI is InChI=1S/C11H12F3N5/c1-18-7(3-5-16-18)8-2-4-15-10-17-9(6-19(8)10)11(12,13)14/h3,5-6,8H,2,4H2,1H3,(H,15,17). The first kappa shape index (κ1) is 12.1. The summed E-state index contributed by atoms with van der Waals surface area (Å²) in [6.07, 6.45) is -1.04. The highest BCUT2D eigenvalue weighted by Crippen LogP contribution is 2.34. The lowest BCUT2D eigenvalue weighted by Crippen LogP contribution is -2.24. The molecule has 0 saturated heterocycles. The molecule has 1 aliphatic rings. The Hall–Kier alpha value is -1.99. The maximum absolute atomic E-state index is 12.7. The number of nitrogens with zero attached hydrogens (tertiary/aromatic N) is 4. The second-order valence-corrected chi connectivity index (χ2v) is 4.47. The maximum atomic E-state index is 12.7. The first-order valence-corrected chi connectivity index (χ1v) is 5.84. The molecule has 1 N–H and O–H groups in total. The van der Waals surface area contributed by atoms with Crippen LogP contribution >= 0.6 is 0 Å². The van der Waals surface area contributed by atoms with E-state index in [1.807, 2.05) is 6.07 Å². The van der Waals surface area contributed by atoms with Crippen LogP contribution in [0, 0.1) is 0 Å². The number of anilines is 1. The number of alkyl halides is 3. The quantitative estimate of drug-likeness (QED) is 0.863. The van der Waals surface area contributed by atoms with Crippen LogP contribution in [0.4, 0.5) is 19.1 Å². The van der Waals surface area contributed by atoms with Crippen molar-refractivity contribution in [2.24, 2.45) is 7.05 Å². The lowest BCUT2D eigenvalue weighted by Gasteiger charge is -2.25. The number of nitrogens with one attached hydrogen (secondary N) is 1. The first-order valence-electron chi connectivity index (χ1n) is 5.84. The summed E-state index contributed by atoms with van der Waals surface area (Å²) in [6.45, 7) is 0.587. The molecule has 1 aliphatic heterocycles. The van der Waals surface area contributed by atoms with Crippen LogP contribution in [-0.2, 0) is 13.2 Å². The molecule has 0 aliphatic carbocycles. The summed E-state index contributed by atoms with van der Waals surface area (Å²) >= 11 is 0. The third kappa shape index (κ3) is 1.96. The van der Waals surface area contributed by atoms with E-state index < -0.39 is 11.9 Å². The molecular formula is C11H12F3N5. The molecule has 19 heavy (non-hydrogen) atoms. The fourth-order valence-electron chi connectivity index (χ4n) is 2.36. The van der Waals surface area contributed by atoms with Gasteiger partial charge in [0, 0.05) is 26.0 Å². The summed E-state index contributed by atoms with van der Waals surface area (Å²) in [5.41, 5.74) is -0.00190.